The molecular formula is C20H33F3N6O6S2. The van der Waals surface area contributed by atoms with Gasteiger partial charge in [-0.3, -0.25) is 24.3 Å². The van der Waals surface area contributed by atoms with Gasteiger partial charge in [0.05, 0.1) is 6.54 Å². The number of ketones is 1. The normalized spacial score (nSPS) is 17.2. The van der Waals surface area contributed by atoms with Gasteiger partial charge in [-0.1, -0.05) is 6.92 Å². The zero-order valence-corrected chi connectivity index (χ0v) is 22.2. The Hall–Kier alpha value is -2.69. The van der Waals surface area contributed by atoms with Crippen molar-refractivity contribution in [1.82, 2.24) is 26.2 Å². The zero-order chi connectivity index (χ0) is 28.6. The number of carbonyl (C=O) groups excluding carboxylic acids is 4. The van der Waals surface area contributed by atoms with Crippen molar-refractivity contribution in [2.24, 2.45) is 10.9 Å². The molecule has 2 atom stereocenters. The van der Waals surface area contributed by atoms with E-state index in [1.165, 1.54) is 6.92 Å². The molecule has 4 amide bonds. The maximum absolute atomic E-state index is 12.3. The molecule has 0 aromatic carbocycles. The lowest BCUT2D eigenvalue weighted by Gasteiger charge is -2.14. The highest BCUT2D eigenvalue weighted by atomic mass is 32.1. The lowest BCUT2D eigenvalue weighted by atomic mass is 10.1. The second-order valence-corrected chi connectivity index (χ2v) is 8.61. The van der Waals surface area contributed by atoms with Crippen LogP contribution in [0, 0.1) is 5.92 Å². The minimum absolute atomic E-state index is 0.0345. The average Bonchev–Trinajstić information content (AvgIpc) is 3.44. The van der Waals surface area contributed by atoms with Crippen LogP contribution in [-0.4, -0.2) is 102 Å². The fourth-order valence-electron chi connectivity index (χ4n) is 2.56. The number of carboxylic acid groups (broad SMARTS) is 1. The predicted molar refractivity (Wildman–Crippen MR) is 136 cm³/mol. The Morgan fingerprint density at radius 3 is 2.30 bits per heavy atom. The largest absolute Gasteiger partial charge is 0.490 e. The minimum atomic E-state index is -5.08. The van der Waals surface area contributed by atoms with Crippen LogP contribution in [0.3, 0.4) is 0 Å². The van der Waals surface area contributed by atoms with Gasteiger partial charge in [-0.2, -0.15) is 38.4 Å². The van der Waals surface area contributed by atoms with Crippen molar-refractivity contribution < 1.29 is 42.3 Å². The molecule has 212 valence electrons. The van der Waals surface area contributed by atoms with E-state index in [9.17, 15) is 32.3 Å². The second-order valence-electron chi connectivity index (χ2n) is 7.72. The number of carboxylic acids is 1. The molecule has 0 unspecified atom stereocenters. The Labute approximate surface area is 223 Å². The Morgan fingerprint density at radius 1 is 1.24 bits per heavy atom. The molecule has 2 aliphatic heterocycles. The van der Waals surface area contributed by atoms with Gasteiger partial charge in [-0.25, -0.2) is 9.59 Å². The number of hydrogen-bond donors (Lipinski definition) is 7. The second kappa shape index (κ2) is 17.7. The van der Waals surface area contributed by atoms with E-state index in [2.05, 4.69) is 51.5 Å². The smallest absolute Gasteiger partial charge is 0.475 e. The van der Waals surface area contributed by atoms with E-state index < -0.39 is 36.0 Å². The lowest BCUT2D eigenvalue weighted by Crippen LogP contribution is -2.42. The number of amides is 4. The summed E-state index contributed by atoms with van der Waals surface area (Å²) in [7, 11) is 0. The number of hydrogen-bond acceptors (Lipinski definition) is 10. The van der Waals surface area contributed by atoms with Gasteiger partial charge in [0.1, 0.15) is 18.4 Å². The molecule has 37 heavy (non-hydrogen) atoms. The highest BCUT2D eigenvalue weighted by molar-refractivity contribution is 7.84. The van der Waals surface area contributed by atoms with Gasteiger partial charge in [0, 0.05) is 25.6 Å². The standard InChI is InChI=1S/C16H26N6O4.C2HF3O2.C2H6S2/c1-10(11(2)23)8-20-13(24)9-22-14(25)12(21-16(22)26)4-3-5-17-15-18-6-7-19-15;3-2(4,5)1(6)7;3-1-2-4/h10,12H,3-9H2,1-2H3,(H,20,24)(H,21,26)(H2,17,18,19);(H,6,7);3-4H,1-2H2/t10-,12-;;/m0../s1. The van der Waals surface area contributed by atoms with E-state index in [0.29, 0.717) is 19.4 Å². The lowest BCUT2D eigenvalue weighted by molar-refractivity contribution is -0.192. The molecule has 0 aromatic rings. The Balaban J connectivity index is 0.000000988. The first-order chi connectivity index (χ1) is 17.2. The fraction of sp³-hybridized carbons (Fsp3) is 0.700. The van der Waals surface area contributed by atoms with E-state index in [0.717, 1.165) is 35.5 Å². The minimum Gasteiger partial charge on any atom is -0.475 e. The molecule has 0 aliphatic carbocycles. The molecule has 12 nitrogen and oxygen atoms in total. The number of alkyl halides is 3. The Kier molecular flexibility index (Phi) is 16.4. The predicted octanol–water partition coefficient (Wildman–Crippen LogP) is 0.0564. The third-order valence-electron chi connectivity index (χ3n) is 4.69. The van der Waals surface area contributed by atoms with Crippen LogP contribution < -0.4 is 21.3 Å². The molecular weight excluding hydrogens is 541 g/mol. The van der Waals surface area contributed by atoms with Gasteiger partial charge in [-0.05, 0) is 31.3 Å². The summed E-state index contributed by atoms with van der Waals surface area (Å²) in [6.45, 7) is 5.20. The molecule has 5 N–H and O–H groups in total. The summed E-state index contributed by atoms with van der Waals surface area (Å²) in [6, 6.07) is -1.18. The van der Waals surface area contributed by atoms with E-state index in [1.54, 1.807) is 6.92 Å². The Bertz CT molecular complexity index is 829. The van der Waals surface area contributed by atoms with E-state index >= 15 is 0 Å². The quantitative estimate of drug-likeness (QED) is 0.109. The molecule has 0 saturated carbocycles. The average molecular weight is 575 g/mol. The third-order valence-corrected chi connectivity index (χ3v) is 5.49. The number of halogens is 3. The highest BCUT2D eigenvalue weighted by Gasteiger charge is 2.39. The highest BCUT2D eigenvalue weighted by Crippen LogP contribution is 2.13. The summed E-state index contributed by atoms with van der Waals surface area (Å²) >= 11 is 7.69. The first-order valence-electron chi connectivity index (χ1n) is 11.2. The van der Waals surface area contributed by atoms with Gasteiger partial charge in [0.2, 0.25) is 5.91 Å². The molecule has 2 heterocycles. The van der Waals surface area contributed by atoms with Crippen molar-refractivity contribution in [3.63, 3.8) is 0 Å². The van der Waals surface area contributed by atoms with Crippen LogP contribution in [0.5, 0.6) is 0 Å². The summed E-state index contributed by atoms with van der Waals surface area (Å²) in [4.78, 5) is 61.3. The molecule has 0 aromatic heterocycles. The van der Waals surface area contributed by atoms with Crippen LogP contribution in [0.4, 0.5) is 18.0 Å². The molecule has 17 heteroatoms. The van der Waals surface area contributed by atoms with Crippen molar-refractivity contribution in [3.05, 3.63) is 0 Å². The third kappa shape index (κ3) is 14.6. The van der Waals surface area contributed by atoms with E-state index in [-0.39, 0.29) is 24.8 Å². The summed E-state index contributed by atoms with van der Waals surface area (Å²) in [5, 5.41) is 18.5. The van der Waals surface area contributed by atoms with Crippen LogP contribution in [0.15, 0.2) is 4.99 Å². The van der Waals surface area contributed by atoms with Gasteiger partial charge < -0.3 is 26.4 Å². The fourth-order valence-corrected chi connectivity index (χ4v) is 2.56. The van der Waals surface area contributed by atoms with Crippen LogP contribution in [-0.2, 0) is 19.2 Å². The molecule has 1 fully saturated rings. The summed E-state index contributed by atoms with van der Waals surface area (Å²) < 4.78 is 31.7. The molecule has 0 spiro atoms. The van der Waals surface area contributed by atoms with Crippen LogP contribution in [0.2, 0.25) is 0 Å². The summed E-state index contributed by atoms with van der Waals surface area (Å²) in [5.41, 5.74) is 0. The molecule has 2 rings (SSSR count). The number of urea groups is 1. The van der Waals surface area contributed by atoms with Crippen molar-refractivity contribution >= 4 is 60.8 Å². The molecule has 1 saturated heterocycles. The number of carbonyl (C=O) groups is 5. The number of aliphatic carboxylic acids is 1. The number of nitrogens with zero attached hydrogens (tertiary/aromatic N) is 2. The van der Waals surface area contributed by atoms with Gasteiger partial charge in [0.15, 0.2) is 5.96 Å². The van der Waals surface area contributed by atoms with E-state index in [1.807, 2.05) is 0 Å². The van der Waals surface area contributed by atoms with Gasteiger partial charge in [-0.15, -0.1) is 0 Å². The maximum atomic E-state index is 12.3. The monoisotopic (exact) mass is 574 g/mol. The van der Waals surface area contributed by atoms with E-state index in [4.69, 9.17) is 9.90 Å². The van der Waals surface area contributed by atoms with Crippen LogP contribution in [0.25, 0.3) is 0 Å². The number of rotatable bonds is 10. The number of Topliss-reactive ketones (excluding diaryl/α,β-unsaturated/α-hetero) is 1. The molecule has 0 radical (unpaired) electrons. The van der Waals surface area contributed by atoms with Crippen molar-refractivity contribution in [2.45, 2.75) is 38.9 Å². The van der Waals surface area contributed by atoms with Crippen LogP contribution in [0.1, 0.15) is 26.7 Å². The molecule has 0 bridgehead atoms. The molecule has 2 aliphatic rings. The topological polar surface area (TPSA) is 169 Å². The number of nitrogens with one attached hydrogen (secondary N) is 4. The number of guanidine groups is 1. The SMILES string of the molecule is CC(=O)[C@@H](C)CNC(=O)CN1C(=O)N[C@@H](CCCNC2=NCCN2)C1=O.O=C(O)C(F)(F)F.SCCS. The van der Waals surface area contributed by atoms with Crippen molar-refractivity contribution in [2.75, 3.05) is 44.2 Å². The summed E-state index contributed by atoms with van der Waals surface area (Å²) in [5.74, 6) is -1.45. The summed E-state index contributed by atoms with van der Waals surface area (Å²) in [6.07, 6.45) is -3.93. The Morgan fingerprint density at radius 2 is 1.84 bits per heavy atom. The maximum Gasteiger partial charge on any atom is 0.490 e. The number of thiol groups is 2. The zero-order valence-electron chi connectivity index (χ0n) is 20.4. The van der Waals surface area contributed by atoms with Crippen molar-refractivity contribution in [1.29, 1.82) is 0 Å². The van der Waals surface area contributed by atoms with Crippen LogP contribution >= 0.6 is 25.3 Å². The number of aliphatic imine (C=N–C) groups is 1. The van der Waals surface area contributed by atoms with Gasteiger partial charge >= 0.3 is 18.2 Å². The van der Waals surface area contributed by atoms with Gasteiger partial charge in [0.25, 0.3) is 5.91 Å². The first kappa shape index (κ1) is 34.3. The number of imide groups is 1. The van der Waals surface area contributed by atoms with Crippen molar-refractivity contribution in [3.8, 4) is 0 Å². The first-order valence-corrected chi connectivity index (χ1v) is 12.4.